The Bertz CT molecular complexity index is 947. The normalized spacial score (nSPS) is 17.4. The molecule has 0 fully saturated rings. The van der Waals surface area contributed by atoms with Gasteiger partial charge in [-0.1, -0.05) is 16.8 Å². The van der Waals surface area contributed by atoms with E-state index in [1.165, 1.54) is 0 Å². The lowest BCUT2D eigenvalue weighted by molar-refractivity contribution is 0.399. The highest BCUT2D eigenvalue weighted by molar-refractivity contribution is 7.80. The summed E-state index contributed by atoms with van der Waals surface area (Å²) in [5.41, 5.74) is 2.44. The number of benzene rings is 1. The van der Waals surface area contributed by atoms with Crippen molar-refractivity contribution in [3.63, 3.8) is 0 Å². The zero-order valence-electron chi connectivity index (χ0n) is 13.1. The molecule has 1 aliphatic heterocycles. The SMILES string of the molecule is CC1=C(c2nc(-c3ccc(Cl)cc3)no2)C(c2ccco2)NC(=S)N1. The first-order valence-electron chi connectivity index (χ1n) is 7.53. The van der Waals surface area contributed by atoms with Crippen LogP contribution in [-0.2, 0) is 0 Å². The van der Waals surface area contributed by atoms with E-state index in [9.17, 15) is 0 Å². The number of hydrogen-bond acceptors (Lipinski definition) is 5. The summed E-state index contributed by atoms with van der Waals surface area (Å²) in [7, 11) is 0. The summed E-state index contributed by atoms with van der Waals surface area (Å²) in [6, 6.07) is 10.6. The van der Waals surface area contributed by atoms with Crippen LogP contribution in [0.5, 0.6) is 0 Å². The third-order valence-electron chi connectivity index (χ3n) is 3.86. The number of nitrogens with zero attached hydrogens (tertiary/aromatic N) is 2. The van der Waals surface area contributed by atoms with E-state index in [1.807, 2.05) is 31.2 Å². The molecule has 25 heavy (non-hydrogen) atoms. The van der Waals surface area contributed by atoms with E-state index in [4.69, 9.17) is 32.8 Å². The van der Waals surface area contributed by atoms with Gasteiger partial charge in [-0.15, -0.1) is 0 Å². The van der Waals surface area contributed by atoms with Crippen molar-refractivity contribution in [2.75, 3.05) is 0 Å². The van der Waals surface area contributed by atoms with E-state index in [0.717, 1.165) is 16.8 Å². The summed E-state index contributed by atoms with van der Waals surface area (Å²) in [5.74, 6) is 1.59. The second kappa shape index (κ2) is 6.34. The monoisotopic (exact) mass is 372 g/mol. The van der Waals surface area contributed by atoms with Crippen LogP contribution in [-0.4, -0.2) is 15.3 Å². The fourth-order valence-corrected chi connectivity index (χ4v) is 3.09. The van der Waals surface area contributed by atoms with E-state index in [0.29, 0.717) is 27.6 Å². The Balaban J connectivity index is 1.75. The number of nitrogens with one attached hydrogen (secondary N) is 2. The number of allylic oxidation sites excluding steroid dienone is 1. The third-order valence-corrected chi connectivity index (χ3v) is 4.33. The first-order chi connectivity index (χ1) is 12.1. The molecule has 126 valence electrons. The Morgan fingerprint density at radius 2 is 2.00 bits per heavy atom. The van der Waals surface area contributed by atoms with Crippen molar-refractivity contribution in [3.05, 3.63) is 65.0 Å². The molecule has 0 spiro atoms. The van der Waals surface area contributed by atoms with Gasteiger partial charge in [-0.2, -0.15) is 4.98 Å². The van der Waals surface area contributed by atoms with Crippen LogP contribution in [0.2, 0.25) is 5.02 Å². The number of halogens is 1. The van der Waals surface area contributed by atoms with Gasteiger partial charge in [0.2, 0.25) is 5.82 Å². The maximum absolute atomic E-state index is 5.92. The van der Waals surface area contributed by atoms with Gasteiger partial charge in [0, 0.05) is 16.3 Å². The summed E-state index contributed by atoms with van der Waals surface area (Å²) in [5, 5.41) is 11.5. The van der Waals surface area contributed by atoms with Crippen LogP contribution in [0.3, 0.4) is 0 Å². The molecule has 1 unspecified atom stereocenters. The van der Waals surface area contributed by atoms with Crippen molar-refractivity contribution in [1.29, 1.82) is 0 Å². The molecule has 2 aromatic heterocycles. The maximum atomic E-state index is 5.92. The number of rotatable bonds is 3. The van der Waals surface area contributed by atoms with E-state index in [2.05, 4.69) is 20.8 Å². The first-order valence-corrected chi connectivity index (χ1v) is 8.32. The minimum Gasteiger partial charge on any atom is -0.467 e. The molecule has 0 amide bonds. The Morgan fingerprint density at radius 3 is 2.72 bits per heavy atom. The van der Waals surface area contributed by atoms with Crippen molar-refractivity contribution in [2.45, 2.75) is 13.0 Å². The lowest BCUT2D eigenvalue weighted by atomic mass is 10.0. The molecule has 0 saturated carbocycles. The zero-order valence-corrected chi connectivity index (χ0v) is 14.7. The van der Waals surface area contributed by atoms with Crippen molar-refractivity contribution < 1.29 is 8.94 Å². The predicted molar refractivity (Wildman–Crippen MR) is 97.7 cm³/mol. The molecule has 2 N–H and O–H groups in total. The molecule has 1 aromatic carbocycles. The molecule has 0 radical (unpaired) electrons. The third kappa shape index (κ3) is 3.04. The Kier molecular flexibility index (Phi) is 4.03. The molecule has 3 heterocycles. The molecule has 0 saturated heterocycles. The summed E-state index contributed by atoms with van der Waals surface area (Å²) in [4.78, 5) is 4.53. The van der Waals surface area contributed by atoms with Gasteiger partial charge >= 0.3 is 0 Å². The predicted octanol–water partition coefficient (Wildman–Crippen LogP) is 3.93. The largest absolute Gasteiger partial charge is 0.467 e. The van der Waals surface area contributed by atoms with Gasteiger partial charge in [-0.25, -0.2) is 0 Å². The van der Waals surface area contributed by atoms with Crippen LogP contribution in [0.4, 0.5) is 0 Å². The quantitative estimate of drug-likeness (QED) is 0.674. The minimum absolute atomic E-state index is 0.303. The van der Waals surface area contributed by atoms with Gasteiger partial charge in [0.15, 0.2) is 5.11 Å². The fourth-order valence-electron chi connectivity index (χ4n) is 2.70. The van der Waals surface area contributed by atoms with Gasteiger partial charge in [-0.3, -0.25) is 0 Å². The zero-order chi connectivity index (χ0) is 17.4. The molecule has 3 aromatic rings. The Morgan fingerprint density at radius 1 is 1.20 bits per heavy atom. The smallest absolute Gasteiger partial charge is 0.258 e. The lowest BCUT2D eigenvalue weighted by Crippen LogP contribution is -2.42. The maximum Gasteiger partial charge on any atom is 0.258 e. The van der Waals surface area contributed by atoms with Crippen LogP contribution in [0.1, 0.15) is 24.6 Å². The molecule has 0 bridgehead atoms. The summed E-state index contributed by atoms with van der Waals surface area (Å²) < 4.78 is 11.0. The molecule has 8 heteroatoms. The van der Waals surface area contributed by atoms with Crippen molar-refractivity contribution >= 4 is 34.5 Å². The van der Waals surface area contributed by atoms with Crippen molar-refractivity contribution in [1.82, 2.24) is 20.8 Å². The van der Waals surface area contributed by atoms with Gasteiger partial charge in [0.05, 0.1) is 11.8 Å². The fraction of sp³-hybridized carbons (Fsp3) is 0.118. The molecule has 6 nitrogen and oxygen atoms in total. The van der Waals surface area contributed by atoms with Crippen LogP contribution in [0.15, 0.2) is 57.3 Å². The molecule has 1 atom stereocenters. The van der Waals surface area contributed by atoms with Gasteiger partial charge in [0.1, 0.15) is 11.8 Å². The van der Waals surface area contributed by atoms with E-state index < -0.39 is 0 Å². The van der Waals surface area contributed by atoms with Crippen molar-refractivity contribution in [3.8, 4) is 11.4 Å². The first kappa shape index (κ1) is 15.9. The van der Waals surface area contributed by atoms with E-state index in [-0.39, 0.29) is 6.04 Å². The van der Waals surface area contributed by atoms with Crippen LogP contribution < -0.4 is 10.6 Å². The molecule has 1 aliphatic rings. The Labute approximate surface area is 153 Å². The highest BCUT2D eigenvalue weighted by Gasteiger charge is 2.31. The number of furan rings is 1. The average Bonchev–Trinajstić information content (AvgIpc) is 3.26. The highest BCUT2D eigenvalue weighted by atomic mass is 35.5. The topological polar surface area (TPSA) is 76.1 Å². The molecule has 4 rings (SSSR count). The molecular weight excluding hydrogens is 360 g/mol. The van der Waals surface area contributed by atoms with Crippen molar-refractivity contribution in [2.24, 2.45) is 0 Å². The van der Waals surface area contributed by atoms with Gasteiger partial charge < -0.3 is 19.6 Å². The van der Waals surface area contributed by atoms with Gasteiger partial charge in [-0.05, 0) is 55.5 Å². The van der Waals surface area contributed by atoms with Gasteiger partial charge in [0.25, 0.3) is 5.89 Å². The van der Waals surface area contributed by atoms with E-state index in [1.54, 1.807) is 18.4 Å². The summed E-state index contributed by atoms with van der Waals surface area (Å²) in [6.45, 7) is 1.91. The minimum atomic E-state index is -0.303. The standard InChI is InChI=1S/C17H13ClN4O2S/c1-9-13(14(20-17(25)19-9)12-3-2-8-23-12)16-21-15(22-24-16)10-4-6-11(18)7-5-10/h2-8,14H,1H3,(H2,19,20,25). The number of thiocarbonyl (C=S) groups is 1. The van der Waals surface area contributed by atoms with E-state index >= 15 is 0 Å². The lowest BCUT2D eigenvalue weighted by Gasteiger charge is -2.27. The summed E-state index contributed by atoms with van der Waals surface area (Å²) in [6.07, 6.45) is 1.61. The van der Waals surface area contributed by atoms with Crippen LogP contribution >= 0.6 is 23.8 Å². The highest BCUT2D eigenvalue weighted by Crippen LogP contribution is 2.34. The number of hydrogen-bond donors (Lipinski definition) is 2. The molecule has 0 aliphatic carbocycles. The van der Waals surface area contributed by atoms with Crippen LogP contribution in [0, 0.1) is 0 Å². The second-order valence-corrected chi connectivity index (χ2v) is 6.36. The molecular formula is C17H13ClN4O2S. The summed E-state index contributed by atoms with van der Waals surface area (Å²) >= 11 is 11.2. The van der Waals surface area contributed by atoms with Crippen LogP contribution in [0.25, 0.3) is 17.0 Å². The second-order valence-electron chi connectivity index (χ2n) is 5.52. The Hall–Kier alpha value is -2.64. The number of aromatic nitrogens is 2. The average molecular weight is 373 g/mol.